The molecule has 0 amide bonds. The molecule has 0 bridgehead atoms. The maximum absolute atomic E-state index is 10.4. The summed E-state index contributed by atoms with van der Waals surface area (Å²) >= 11 is 0. The summed E-state index contributed by atoms with van der Waals surface area (Å²) < 4.78 is 0. The number of rotatable bonds is 3. The Morgan fingerprint density at radius 3 is 2.38 bits per heavy atom. The largest absolute Gasteiger partial charge is 0.478 e. The lowest BCUT2D eigenvalue weighted by Crippen LogP contribution is -1.86. The zero-order chi connectivity index (χ0) is 9.68. The van der Waals surface area contributed by atoms with Crippen LogP contribution in [0.5, 0.6) is 0 Å². The molecule has 1 N–H and O–H groups in total. The van der Waals surface area contributed by atoms with E-state index in [4.69, 9.17) is 5.11 Å². The normalized spacial score (nSPS) is 10.5. The SMILES string of the molecule is [O]Cc1ccc(/C=C/C(=O)O)cc1. The van der Waals surface area contributed by atoms with Crippen molar-refractivity contribution >= 4 is 12.0 Å². The Bertz CT molecular complexity index is 311. The maximum atomic E-state index is 10.4. The number of hydrogen-bond acceptors (Lipinski definition) is 1. The highest BCUT2D eigenvalue weighted by Gasteiger charge is 1.91. The molecule has 0 atom stereocenters. The number of benzene rings is 1. The summed E-state index contributed by atoms with van der Waals surface area (Å²) in [6, 6.07) is 6.81. The van der Waals surface area contributed by atoms with Crippen molar-refractivity contribution in [2.45, 2.75) is 6.61 Å². The molecule has 0 aliphatic rings. The van der Waals surface area contributed by atoms with E-state index in [1.807, 2.05) is 0 Å². The molecule has 3 nitrogen and oxygen atoms in total. The molecule has 0 spiro atoms. The predicted octanol–water partition coefficient (Wildman–Crippen LogP) is 1.71. The molecule has 1 aromatic carbocycles. The second-order valence-electron chi connectivity index (χ2n) is 2.56. The Morgan fingerprint density at radius 2 is 1.92 bits per heavy atom. The lowest BCUT2D eigenvalue weighted by atomic mass is 10.1. The quantitative estimate of drug-likeness (QED) is 0.714. The van der Waals surface area contributed by atoms with Crippen LogP contribution in [0.3, 0.4) is 0 Å². The highest BCUT2D eigenvalue weighted by molar-refractivity contribution is 5.85. The molecule has 0 aromatic heterocycles. The lowest BCUT2D eigenvalue weighted by Gasteiger charge is -1.94. The second-order valence-corrected chi connectivity index (χ2v) is 2.56. The smallest absolute Gasteiger partial charge is 0.328 e. The number of carboxylic acid groups (broad SMARTS) is 1. The van der Waals surface area contributed by atoms with Gasteiger partial charge in [-0.3, -0.25) is 0 Å². The van der Waals surface area contributed by atoms with Crippen molar-refractivity contribution in [1.82, 2.24) is 0 Å². The first-order chi connectivity index (χ1) is 6.22. The topological polar surface area (TPSA) is 57.2 Å². The van der Waals surface area contributed by atoms with Crippen LogP contribution >= 0.6 is 0 Å². The first-order valence-corrected chi connectivity index (χ1v) is 3.80. The summed E-state index contributed by atoms with van der Waals surface area (Å²) in [5.74, 6) is -0.979. The molecule has 3 heteroatoms. The molecule has 0 saturated heterocycles. The van der Waals surface area contributed by atoms with E-state index in [1.165, 1.54) is 6.08 Å². The minimum Gasteiger partial charge on any atom is -0.478 e. The van der Waals surface area contributed by atoms with Crippen LogP contribution in [-0.4, -0.2) is 11.1 Å². The van der Waals surface area contributed by atoms with E-state index in [2.05, 4.69) is 0 Å². The van der Waals surface area contributed by atoms with Gasteiger partial charge in [0.05, 0.1) is 0 Å². The van der Waals surface area contributed by atoms with E-state index in [9.17, 15) is 9.90 Å². The Labute approximate surface area is 76.0 Å². The lowest BCUT2D eigenvalue weighted by molar-refractivity contribution is -0.131. The minimum absolute atomic E-state index is 0.247. The standard InChI is InChI=1S/C10H9O3/c11-7-9-3-1-8(2-4-9)5-6-10(12)13/h1-6H,7H2,(H,12,13)/b6-5+. The minimum atomic E-state index is -0.979. The molecule has 0 aliphatic carbocycles. The van der Waals surface area contributed by atoms with Gasteiger partial charge in [0.15, 0.2) is 0 Å². The van der Waals surface area contributed by atoms with Gasteiger partial charge in [-0.05, 0) is 17.2 Å². The van der Waals surface area contributed by atoms with Gasteiger partial charge in [-0.1, -0.05) is 24.3 Å². The van der Waals surface area contributed by atoms with Gasteiger partial charge in [0, 0.05) is 6.08 Å². The summed E-state index contributed by atoms with van der Waals surface area (Å²) in [6.45, 7) is -0.247. The van der Waals surface area contributed by atoms with Gasteiger partial charge in [0.25, 0.3) is 0 Å². The molecule has 0 aliphatic heterocycles. The van der Waals surface area contributed by atoms with Crippen molar-refractivity contribution in [1.29, 1.82) is 0 Å². The highest BCUT2D eigenvalue weighted by atomic mass is 16.4. The average molecular weight is 177 g/mol. The van der Waals surface area contributed by atoms with E-state index in [1.54, 1.807) is 24.3 Å². The predicted molar refractivity (Wildman–Crippen MR) is 47.5 cm³/mol. The molecule has 1 radical (unpaired) electrons. The molecule has 0 fully saturated rings. The third-order valence-electron chi connectivity index (χ3n) is 1.56. The Hall–Kier alpha value is -1.61. The zero-order valence-electron chi connectivity index (χ0n) is 6.93. The van der Waals surface area contributed by atoms with Crippen molar-refractivity contribution in [2.24, 2.45) is 0 Å². The summed E-state index contributed by atoms with van der Waals surface area (Å²) in [4.78, 5) is 10.2. The number of carboxylic acids is 1. The molecule has 1 aromatic rings. The van der Waals surface area contributed by atoms with Gasteiger partial charge in [0.2, 0.25) is 0 Å². The van der Waals surface area contributed by atoms with Gasteiger partial charge in [-0.25, -0.2) is 9.90 Å². The summed E-state index contributed by atoms with van der Waals surface area (Å²) in [5, 5.41) is 18.7. The molecular weight excluding hydrogens is 168 g/mol. The van der Waals surface area contributed by atoms with Crippen molar-refractivity contribution < 1.29 is 15.0 Å². The Kier molecular flexibility index (Phi) is 3.23. The van der Waals surface area contributed by atoms with Crippen LogP contribution in [0.2, 0.25) is 0 Å². The van der Waals surface area contributed by atoms with Gasteiger partial charge in [-0.15, -0.1) is 0 Å². The summed E-state index contributed by atoms with van der Waals surface area (Å²) in [6.07, 6.45) is 2.54. The van der Waals surface area contributed by atoms with Gasteiger partial charge < -0.3 is 5.11 Å². The molecule has 1 rings (SSSR count). The first-order valence-electron chi connectivity index (χ1n) is 3.80. The van der Waals surface area contributed by atoms with Gasteiger partial charge >= 0.3 is 5.97 Å². The van der Waals surface area contributed by atoms with E-state index in [0.717, 1.165) is 11.6 Å². The van der Waals surface area contributed by atoms with Crippen LogP contribution in [0.15, 0.2) is 30.3 Å². The Morgan fingerprint density at radius 1 is 1.31 bits per heavy atom. The van der Waals surface area contributed by atoms with Crippen LogP contribution in [-0.2, 0) is 16.5 Å². The van der Waals surface area contributed by atoms with Crippen LogP contribution in [0.25, 0.3) is 6.08 Å². The second kappa shape index (κ2) is 4.42. The van der Waals surface area contributed by atoms with Crippen molar-refractivity contribution in [3.05, 3.63) is 41.5 Å². The molecule has 0 saturated carbocycles. The van der Waals surface area contributed by atoms with E-state index in [-0.39, 0.29) is 6.61 Å². The van der Waals surface area contributed by atoms with Crippen molar-refractivity contribution in [2.75, 3.05) is 0 Å². The molecule has 67 valence electrons. The third kappa shape index (κ3) is 3.09. The monoisotopic (exact) mass is 177 g/mol. The van der Waals surface area contributed by atoms with E-state index < -0.39 is 5.97 Å². The molecular formula is C10H9O3. The fraction of sp³-hybridized carbons (Fsp3) is 0.100. The Balaban J connectivity index is 2.75. The summed E-state index contributed by atoms with van der Waals surface area (Å²) in [5.41, 5.74) is 1.48. The third-order valence-corrected chi connectivity index (χ3v) is 1.56. The van der Waals surface area contributed by atoms with Crippen LogP contribution < -0.4 is 0 Å². The van der Waals surface area contributed by atoms with Gasteiger partial charge in [-0.2, -0.15) is 0 Å². The zero-order valence-corrected chi connectivity index (χ0v) is 6.93. The van der Waals surface area contributed by atoms with Crippen LogP contribution in [0.1, 0.15) is 11.1 Å². The van der Waals surface area contributed by atoms with Crippen molar-refractivity contribution in [3.8, 4) is 0 Å². The fourth-order valence-corrected chi connectivity index (χ4v) is 0.892. The van der Waals surface area contributed by atoms with Crippen LogP contribution in [0, 0.1) is 0 Å². The fourth-order valence-electron chi connectivity index (χ4n) is 0.892. The van der Waals surface area contributed by atoms with Crippen molar-refractivity contribution in [3.63, 3.8) is 0 Å². The molecule has 0 heterocycles. The number of aliphatic carboxylic acids is 1. The molecule has 13 heavy (non-hydrogen) atoms. The average Bonchev–Trinajstić information content (AvgIpc) is 2.15. The van der Waals surface area contributed by atoms with E-state index in [0.29, 0.717) is 5.56 Å². The van der Waals surface area contributed by atoms with E-state index >= 15 is 0 Å². The molecule has 0 unspecified atom stereocenters. The number of carbonyl (C=O) groups is 1. The highest BCUT2D eigenvalue weighted by Crippen LogP contribution is 2.05. The van der Waals surface area contributed by atoms with Crippen LogP contribution in [0.4, 0.5) is 0 Å². The first kappa shape index (κ1) is 9.48. The maximum Gasteiger partial charge on any atom is 0.328 e. The summed E-state index contributed by atoms with van der Waals surface area (Å²) in [7, 11) is 0. The number of hydrogen-bond donors (Lipinski definition) is 1. The van der Waals surface area contributed by atoms with Gasteiger partial charge in [0.1, 0.15) is 6.61 Å².